The summed E-state index contributed by atoms with van der Waals surface area (Å²) in [5, 5.41) is 6.71. The predicted molar refractivity (Wildman–Crippen MR) is 110 cm³/mol. The Morgan fingerprint density at radius 2 is 1.83 bits per heavy atom. The van der Waals surface area contributed by atoms with E-state index >= 15 is 0 Å². The van der Waals surface area contributed by atoms with Crippen molar-refractivity contribution in [3.05, 3.63) is 35.9 Å². The van der Waals surface area contributed by atoms with Crippen molar-refractivity contribution in [3.63, 3.8) is 0 Å². The Bertz CT molecular complexity index is 480. The number of ether oxygens (including phenoxy) is 1. The molecule has 1 aromatic rings. The first-order valence-corrected chi connectivity index (χ1v) is 8.26. The molecule has 0 amide bonds. The number of hydrogen-bond donors (Lipinski definition) is 2. The molecule has 24 heavy (non-hydrogen) atoms. The maximum atomic E-state index is 11.0. The molecule has 0 bridgehead atoms. The number of methoxy groups -OCH3 is 1. The minimum absolute atomic E-state index is 0. The second kappa shape index (κ2) is 14.1. The Morgan fingerprint density at radius 1 is 1.17 bits per heavy atom. The first-order valence-electron chi connectivity index (χ1n) is 8.26. The van der Waals surface area contributed by atoms with E-state index in [1.54, 1.807) is 7.05 Å². The largest absolute Gasteiger partial charge is 0.469 e. The molecule has 0 heterocycles. The number of benzene rings is 1. The number of hydrogen-bond acceptors (Lipinski definition) is 3. The summed E-state index contributed by atoms with van der Waals surface area (Å²) in [6, 6.07) is 10.5. The average molecular weight is 447 g/mol. The van der Waals surface area contributed by atoms with Crippen LogP contribution in [0.1, 0.15) is 50.6 Å². The molecular weight excluding hydrogens is 417 g/mol. The monoisotopic (exact) mass is 447 g/mol. The normalized spacial score (nSPS) is 12.0. The van der Waals surface area contributed by atoms with Gasteiger partial charge in [-0.05, 0) is 25.3 Å². The van der Waals surface area contributed by atoms with Gasteiger partial charge in [0.25, 0.3) is 0 Å². The Balaban J connectivity index is 0.00000529. The zero-order valence-corrected chi connectivity index (χ0v) is 17.2. The fourth-order valence-corrected chi connectivity index (χ4v) is 2.28. The van der Waals surface area contributed by atoms with E-state index in [-0.39, 0.29) is 36.0 Å². The van der Waals surface area contributed by atoms with Crippen molar-refractivity contribution in [1.82, 2.24) is 10.6 Å². The highest BCUT2D eigenvalue weighted by atomic mass is 127. The molecule has 0 saturated carbocycles. The van der Waals surface area contributed by atoms with Gasteiger partial charge in [-0.2, -0.15) is 0 Å². The van der Waals surface area contributed by atoms with Crippen LogP contribution in [-0.2, 0) is 9.53 Å². The summed E-state index contributed by atoms with van der Waals surface area (Å²) in [6.07, 6.45) is 4.60. The van der Waals surface area contributed by atoms with E-state index < -0.39 is 0 Å². The van der Waals surface area contributed by atoms with Crippen LogP contribution < -0.4 is 10.6 Å². The van der Waals surface area contributed by atoms with Gasteiger partial charge >= 0.3 is 5.97 Å². The van der Waals surface area contributed by atoms with Crippen LogP contribution in [-0.4, -0.2) is 32.6 Å². The Labute approximate surface area is 162 Å². The first-order chi connectivity index (χ1) is 11.2. The fraction of sp³-hybridized carbons (Fsp3) is 0.556. The molecule has 0 fully saturated rings. The lowest BCUT2D eigenvalue weighted by Crippen LogP contribution is -2.39. The SMILES string of the molecule is CN=C(NCCCCCCC(=O)OC)NC(C)c1ccccc1.I. The van der Waals surface area contributed by atoms with Gasteiger partial charge in [-0.1, -0.05) is 43.2 Å². The maximum Gasteiger partial charge on any atom is 0.305 e. The van der Waals surface area contributed by atoms with E-state index in [1.807, 2.05) is 18.2 Å². The molecule has 0 aliphatic heterocycles. The third kappa shape index (κ3) is 9.75. The van der Waals surface area contributed by atoms with Crippen molar-refractivity contribution in [2.45, 2.75) is 45.1 Å². The minimum atomic E-state index is -0.123. The van der Waals surface area contributed by atoms with Crippen molar-refractivity contribution in [2.75, 3.05) is 20.7 Å². The zero-order valence-electron chi connectivity index (χ0n) is 14.9. The summed E-state index contributed by atoms with van der Waals surface area (Å²) in [6.45, 7) is 2.99. The fourth-order valence-electron chi connectivity index (χ4n) is 2.28. The van der Waals surface area contributed by atoms with E-state index in [1.165, 1.54) is 12.7 Å². The van der Waals surface area contributed by atoms with Crippen molar-refractivity contribution < 1.29 is 9.53 Å². The summed E-state index contributed by atoms with van der Waals surface area (Å²) in [7, 11) is 3.21. The lowest BCUT2D eigenvalue weighted by Gasteiger charge is -2.18. The summed E-state index contributed by atoms with van der Waals surface area (Å²) in [5.41, 5.74) is 1.23. The van der Waals surface area contributed by atoms with E-state index in [2.05, 4.69) is 39.4 Å². The average Bonchev–Trinajstić information content (AvgIpc) is 2.60. The summed E-state index contributed by atoms with van der Waals surface area (Å²) in [4.78, 5) is 15.2. The van der Waals surface area contributed by atoms with E-state index in [9.17, 15) is 4.79 Å². The van der Waals surface area contributed by atoms with Gasteiger partial charge in [0.2, 0.25) is 0 Å². The van der Waals surface area contributed by atoms with E-state index in [4.69, 9.17) is 0 Å². The molecule has 1 aromatic carbocycles. The Morgan fingerprint density at radius 3 is 2.46 bits per heavy atom. The Kier molecular flexibility index (Phi) is 13.3. The van der Waals surface area contributed by atoms with Gasteiger partial charge in [0.1, 0.15) is 0 Å². The first kappa shape index (κ1) is 22.7. The maximum absolute atomic E-state index is 11.0. The standard InChI is InChI=1S/C18H29N3O2.HI/c1-15(16-11-7-6-8-12-16)21-18(19-2)20-14-10-5-4-9-13-17(22)23-3;/h6-8,11-12,15H,4-5,9-10,13-14H2,1-3H3,(H2,19,20,21);1H. The number of unbranched alkanes of at least 4 members (excludes halogenated alkanes) is 3. The third-order valence-corrected chi connectivity index (χ3v) is 3.70. The lowest BCUT2D eigenvalue weighted by molar-refractivity contribution is -0.140. The van der Waals surface area contributed by atoms with E-state index in [0.29, 0.717) is 6.42 Å². The molecule has 6 heteroatoms. The minimum Gasteiger partial charge on any atom is -0.469 e. The molecule has 136 valence electrons. The molecule has 1 rings (SSSR count). The van der Waals surface area contributed by atoms with Gasteiger partial charge in [-0.25, -0.2) is 0 Å². The van der Waals surface area contributed by atoms with Crippen LogP contribution in [0.15, 0.2) is 35.3 Å². The van der Waals surface area contributed by atoms with E-state index in [0.717, 1.165) is 38.2 Å². The molecule has 5 nitrogen and oxygen atoms in total. The number of carbonyl (C=O) groups is 1. The quantitative estimate of drug-likeness (QED) is 0.200. The number of guanidine groups is 1. The van der Waals surface area contributed by atoms with Gasteiger partial charge in [0, 0.05) is 20.0 Å². The number of aliphatic imine (C=N–C) groups is 1. The third-order valence-electron chi connectivity index (χ3n) is 3.70. The predicted octanol–water partition coefficient (Wildman–Crippen LogP) is 3.65. The highest BCUT2D eigenvalue weighted by Crippen LogP contribution is 2.10. The molecule has 2 N–H and O–H groups in total. The van der Waals surface area contributed by atoms with Crippen LogP contribution in [0.3, 0.4) is 0 Å². The van der Waals surface area contributed by atoms with Gasteiger partial charge in [0.05, 0.1) is 13.2 Å². The van der Waals surface area contributed by atoms with Crippen LogP contribution in [0.2, 0.25) is 0 Å². The number of rotatable bonds is 9. The zero-order chi connectivity index (χ0) is 16.9. The van der Waals surface area contributed by atoms with Crippen LogP contribution in [0.4, 0.5) is 0 Å². The van der Waals surface area contributed by atoms with Gasteiger partial charge in [-0.15, -0.1) is 24.0 Å². The molecule has 0 radical (unpaired) electrons. The molecule has 0 spiro atoms. The number of halogens is 1. The van der Waals surface area contributed by atoms with Crippen LogP contribution in [0.25, 0.3) is 0 Å². The number of nitrogens with zero attached hydrogens (tertiary/aromatic N) is 1. The molecule has 0 aliphatic carbocycles. The summed E-state index contributed by atoms with van der Waals surface area (Å²) in [5.74, 6) is 0.693. The highest BCUT2D eigenvalue weighted by molar-refractivity contribution is 14.0. The van der Waals surface area contributed by atoms with Crippen molar-refractivity contribution >= 4 is 35.9 Å². The Hall–Kier alpha value is -1.31. The van der Waals surface area contributed by atoms with Crippen LogP contribution in [0, 0.1) is 0 Å². The summed E-state index contributed by atoms with van der Waals surface area (Å²) < 4.78 is 4.62. The molecule has 1 atom stereocenters. The molecule has 0 saturated heterocycles. The van der Waals surface area contributed by atoms with Crippen molar-refractivity contribution in [2.24, 2.45) is 4.99 Å². The van der Waals surface area contributed by atoms with Crippen LogP contribution in [0.5, 0.6) is 0 Å². The summed E-state index contributed by atoms with van der Waals surface area (Å²) >= 11 is 0. The molecule has 1 unspecified atom stereocenters. The number of carbonyl (C=O) groups excluding carboxylic acids is 1. The smallest absolute Gasteiger partial charge is 0.305 e. The topological polar surface area (TPSA) is 62.7 Å². The van der Waals surface area contributed by atoms with Gasteiger partial charge in [0.15, 0.2) is 5.96 Å². The highest BCUT2D eigenvalue weighted by Gasteiger charge is 2.06. The lowest BCUT2D eigenvalue weighted by atomic mass is 10.1. The van der Waals surface area contributed by atoms with Crippen LogP contribution >= 0.6 is 24.0 Å². The van der Waals surface area contributed by atoms with Crippen molar-refractivity contribution in [1.29, 1.82) is 0 Å². The molecule has 0 aliphatic rings. The number of esters is 1. The molecular formula is C18H30IN3O2. The second-order valence-electron chi connectivity index (χ2n) is 5.52. The molecule has 0 aromatic heterocycles. The second-order valence-corrected chi connectivity index (χ2v) is 5.52. The van der Waals surface area contributed by atoms with Gasteiger partial charge in [-0.3, -0.25) is 9.79 Å². The van der Waals surface area contributed by atoms with Crippen molar-refractivity contribution in [3.8, 4) is 0 Å². The number of nitrogens with one attached hydrogen (secondary N) is 2. The van der Waals surface area contributed by atoms with Gasteiger partial charge < -0.3 is 15.4 Å².